The number of amides is 11. The fourth-order valence-corrected chi connectivity index (χ4v) is 12.2. The molecule has 5 aromatic rings. The average molecular weight is 1450 g/mol. The highest BCUT2D eigenvalue weighted by Crippen LogP contribution is 2.24. The van der Waals surface area contributed by atoms with Crippen molar-refractivity contribution in [3.8, 4) is 0 Å². The van der Waals surface area contributed by atoms with Crippen molar-refractivity contribution in [1.29, 1.82) is 0 Å². The second-order valence-corrected chi connectivity index (χ2v) is 26.6. The van der Waals surface area contributed by atoms with Gasteiger partial charge in [-0.2, -0.15) is 0 Å². The number of fused-ring (bicyclic) bond motifs is 2. The predicted molar refractivity (Wildman–Crippen MR) is 385 cm³/mol. The number of carbonyl (C=O) groups excluding carboxylic acids is 11. The van der Waals surface area contributed by atoms with Crippen molar-refractivity contribution in [3.63, 3.8) is 0 Å². The molecule has 0 unspecified atom stereocenters. The molecule has 11 amide bonds. The lowest BCUT2D eigenvalue weighted by Gasteiger charge is -2.32. The van der Waals surface area contributed by atoms with Gasteiger partial charge in [0.15, 0.2) is 0 Å². The molecule has 1 aliphatic heterocycles. The zero-order valence-electron chi connectivity index (χ0n) is 59.4. The fraction of sp³-hybridized carbons (Fsp3) is 0.514. The van der Waals surface area contributed by atoms with E-state index >= 15 is 0 Å². The first-order valence-corrected chi connectivity index (χ1v) is 35.3. The highest BCUT2D eigenvalue weighted by molar-refractivity contribution is 6.00. The lowest BCUT2D eigenvalue weighted by atomic mass is 9.96. The van der Waals surface area contributed by atoms with E-state index in [1.54, 1.807) is 94.7 Å². The van der Waals surface area contributed by atoms with Gasteiger partial charge in [0.2, 0.25) is 65.0 Å². The summed E-state index contributed by atoms with van der Waals surface area (Å²) in [6.45, 7) is 7.31. The van der Waals surface area contributed by atoms with Gasteiger partial charge in [0.25, 0.3) is 0 Å². The quantitative estimate of drug-likeness (QED) is 0.0217. The Kier molecular flexibility index (Phi) is 32.7. The molecule has 21 N–H and O–H groups in total. The molecule has 1 saturated heterocycles. The van der Waals surface area contributed by atoms with Crippen LogP contribution in [-0.2, 0) is 81.6 Å². The first kappa shape index (κ1) is 82.6. The minimum absolute atomic E-state index is 0.0156. The summed E-state index contributed by atoms with van der Waals surface area (Å²) >= 11 is 0. The first-order valence-electron chi connectivity index (χ1n) is 35.3. The summed E-state index contributed by atoms with van der Waals surface area (Å²) in [4.78, 5) is 187. The summed E-state index contributed by atoms with van der Waals surface area (Å²) in [5, 5.41) is 57.4. The number of nitrogens with one attached hydrogen (secondary N) is 12. The summed E-state index contributed by atoms with van der Waals surface area (Å²) in [6, 6.07) is 9.62. The van der Waals surface area contributed by atoms with Gasteiger partial charge in [0.1, 0.15) is 54.4 Å². The Morgan fingerprint density at radius 2 is 1.00 bits per heavy atom. The van der Waals surface area contributed by atoms with Gasteiger partial charge in [-0.1, -0.05) is 101 Å². The maximum Gasteiger partial charge on any atom is 0.326 e. The molecular formula is C72H102N16O16. The second kappa shape index (κ2) is 41.1. The van der Waals surface area contributed by atoms with Crippen LogP contribution in [0.25, 0.3) is 21.8 Å². The van der Waals surface area contributed by atoms with Gasteiger partial charge in [-0.15, -0.1) is 0 Å². The van der Waals surface area contributed by atoms with Crippen LogP contribution < -0.4 is 70.4 Å². The number of nitrogens with zero attached hydrogens (tertiary/aromatic N) is 1. The van der Waals surface area contributed by atoms with Crippen molar-refractivity contribution < 1.29 is 77.6 Å². The van der Waals surface area contributed by atoms with E-state index in [4.69, 9.17) is 22.3 Å². The number of carboxylic acid groups (broad SMARTS) is 2. The number of likely N-dealkylation sites (tertiary alicyclic amines) is 1. The molecule has 104 heavy (non-hydrogen) atoms. The molecule has 12 atom stereocenters. The van der Waals surface area contributed by atoms with Crippen LogP contribution in [0.15, 0.2) is 91.3 Å². The van der Waals surface area contributed by atoms with Crippen molar-refractivity contribution in [2.75, 3.05) is 32.7 Å². The Bertz CT molecular complexity index is 3770. The minimum Gasteiger partial charge on any atom is -0.481 e. The SMILES string of the molecule is CC[C@H](C)[C@H](NC(=O)[C@H](Cc1c[nH]c2ccccc12)NC(=O)[C@H](CCCCN)NC(=O)CNC(=O)[C@H]1CCCN1C(=O)[C@@H](NC(=O)[C@H](Cc1c[nH]c2ccccc12)NC(=O)[C@H](Cc1ccccc1)NC(=O)CNC(=O)[C@@H](N)CCC(=O)O)C(C)C)C(=O)N[C@H](C(=O)N[C@@H](CCCCN)C(=O)O)[C@@H](C)O. The number of nitrogens with two attached hydrogens (primary N) is 3. The van der Waals surface area contributed by atoms with Crippen molar-refractivity contribution in [1.82, 2.24) is 68.0 Å². The number of unbranched alkanes of at least 4 members (excludes halogenated alkanes) is 2. The number of aromatic amines is 2. The molecule has 1 fully saturated rings. The van der Waals surface area contributed by atoms with Crippen LogP contribution in [0.2, 0.25) is 0 Å². The highest BCUT2D eigenvalue weighted by Gasteiger charge is 2.41. The number of carbonyl (C=O) groups is 13. The number of hydrogen-bond acceptors (Lipinski definition) is 17. The smallest absolute Gasteiger partial charge is 0.326 e. The van der Waals surface area contributed by atoms with Gasteiger partial charge >= 0.3 is 11.9 Å². The first-order chi connectivity index (χ1) is 49.6. The monoisotopic (exact) mass is 1450 g/mol. The van der Waals surface area contributed by atoms with Gasteiger partial charge in [-0.05, 0) is 118 Å². The molecule has 2 aromatic heterocycles. The number of aliphatic hydroxyl groups excluding tert-OH is 1. The molecule has 0 spiro atoms. The molecule has 566 valence electrons. The van der Waals surface area contributed by atoms with E-state index in [0.29, 0.717) is 72.7 Å². The number of H-pyrrole nitrogens is 2. The Balaban J connectivity index is 1.17. The Labute approximate surface area is 602 Å². The summed E-state index contributed by atoms with van der Waals surface area (Å²) < 4.78 is 0. The van der Waals surface area contributed by atoms with Gasteiger partial charge in [-0.25, -0.2) is 4.79 Å². The van der Waals surface area contributed by atoms with Crippen molar-refractivity contribution in [2.24, 2.45) is 29.0 Å². The molecule has 0 radical (unpaired) electrons. The van der Waals surface area contributed by atoms with Crippen molar-refractivity contribution in [2.45, 2.75) is 191 Å². The fourth-order valence-electron chi connectivity index (χ4n) is 12.2. The Morgan fingerprint density at radius 3 is 1.53 bits per heavy atom. The van der Waals surface area contributed by atoms with Crippen LogP contribution in [0.1, 0.15) is 122 Å². The van der Waals surface area contributed by atoms with E-state index in [0.717, 1.165) is 10.9 Å². The van der Waals surface area contributed by atoms with Crippen LogP contribution in [0.3, 0.4) is 0 Å². The minimum atomic E-state index is -1.66. The number of rotatable bonds is 43. The normalized spacial score (nSPS) is 16.0. The van der Waals surface area contributed by atoms with Crippen LogP contribution in [0.5, 0.6) is 0 Å². The van der Waals surface area contributed by atoms with Crippen LogP contribution >= 0.6 is 0 Å². The standard InChI is InChI=1S/C72H102N16O16/c1-6-41(4)61(69(100)87-62(42(5)89)70(101)82-52(72(103)104)26-15-17-31-74)86-67(98)55(35-45-37-77-50-24-13-11-22-47(45)50)83-64(95)51(25-14-16-30-73)80-57(90)39-79-68(99)56-27-18-32-88(56)71(102)60(40(2)3)85-66(97)54(34-44-36-76-49-23-12-10-21-46(44)49)84-65(96)53(33-43-19-8-7-9-20-43)81-58(91)38-78-63(94)48(75)28-29-59(92)93/h7-13,19-24,36-37,40-42,48,51-56,60-62,76-77,89H,6,14-18,25-35,38-39,73-75H2,1-5H3,(H,78,94)(H,79,99)(H,80,90)(H,81,91)(H,82,101)(H,83,95)(H,84,96)(H,85,97)(H,86,98)(H,87,100)(H,92,93)(H,103,104)/t41-,42+,48-,51-,52-,53-,54-,55-,56+,60-,61-,62-/m0/s1. The van der Waals surface area contributed by atoms with Crippen molar-refractivity contribution >= 4 is 98.7 Å². The van der Waals surface area contributed by atoms with E-state index in [1.807, 2.05) is 24.3 Å². The van der Waals surface area contributed by atoms with E-state index in [9.17, 15) is 72.5 Å². The third-order valence-electron chi connectivity index (χ3n) is 18.3. The zero-order valence-corrected chi connectivity index (χ0v) is 59.4. The van der Waals surface area contributed by atoms with Crippen LogP contribution in [0.4, 0.5) is 0 Å². The number of benzene rings is 3. The molecule has 32 heteroatoms. The Hall–Kier alpha value is -10.3. The van der Waals surface area contributed by atoms with E-state index in [-0.39, 0.29) is 64.5 Å². The number of carboxylic acids is 2. The molecule has 3 aromatic carbocycles. The third-order valence-corrected chi connectivity index (χ3v) is 18.3. The van der Waals surface area contributed by atoms with E-state index < -0.39 is 168 Å². The predicted octanol–water partition coefficient (Wildman–Crippen LogP) is -0.604. The molecule has 3 heterocycles. The Morgan fingerprint density at radius 1 is 0.529 bits per heavy atom. The lowest BCUT2D eigenvalue weighted by Crippen LogP contribution is -2.62. The lowest BCUT2D eigenvalue weighted by molar-refractivity contribution is -0.143. The molecule has 0 saturated carbocycles. The molecule has 1 aliphatic rings. The molecule has 6 rings (SSSR count). The maximum atomic E-state index is 14.9. The van der Waals surface area contributed by atoms with Gasteiger partial charge in [0.05, 0.1) is 25.2 Å². The number of para-hydroxylation sites is 2. The summed E-state index contributed by atoms with van der Waals surface area (Å²) in [6.07, 6.45) is 3.40. The molecule has 32 nitrogen and oxygen atoms in total. The second-order valence-electron chi connectivity index (χ2n) is 26.6. The molecular weight excluding hydrogens is 1340 g/mol. The molecule has 0 aliphatic carbocycles. The topological polar surface area (TPSA) is 516 Å². The van der Waals surface area contributed by atoms with Gasteiger partial charge in [-0.3, -0.25) is 57.5 Å². The number of aliphatic carboxylic acids is 2. The highest BCUT2D eigenvalue weighted by atomic mass is 16.4. The third kappa shape index (κ3) is 24.7. The number of aliphatic hydroxyl groups is 1. The number of hydrogen-bond donors (Lipinski definition) is 18. The average Bonchev–Trinajstić information content (AvgIpc) is 1.61. The maximum absolute atomic E-state index is 14.9. The van der Waals surface area contributed by atoms with Crippen LogP contribution in [-0.4, -0.2) is 206 Å². The van der Waals surface area contributed by atoms with Gasteiger partial charge in [0, 0.05) is 66.4 Å². The summed E-state index contributed by atoms with van der Waals surface area (Å²) in [5.41, 5.74) is 20.5. The summed E-state index contributed by atoms with van der Waals surface area (Å²) in [7, 11) is 0. The van der Waals surface area contributed by atoms with Gasteiger partial charge < -0.3 is 101 Å². The number of aromatic nitrogens is 2. The van der Waals surface area contributed by atoms with Crippen LogP contribution in [0, 0.1) is 11.8 Å². The molecule has 0 bridgehead atoms. The van der Waals surface area contributed by atoms with E-state index in [1.165, 1.54) is 11.8 Å². The largest absolute Gasteiger partial charge is 0.481 e. The van der Waals surface area contributed by atoms with E-state index in [2.05, 4.69) is 63.1 Å². The van der Waals surface area contributed by atoms with Crippen molar-refractivity contribution in [3.05, 3.63) is 108 Å². The summed E-state index contributed by atoms with van der Waals surface area (Å²) in [5.74, 6) is -12.6. The zero-order chi connectivity index (χ0) is 76.2.